The minimum Gasteiger partial charge on any atom is -0.392 e. The molecule has 1 fully saturated rings. The van der Waals surface area contributed by atoms with Crippen LogP contribution in [0.3, 0.4) is 0 Å². The minimum atomic E-state index is -3.93. The molecule has 0 unspecified atom stereocenters. The average Bonchev–Trinajstić information content (AvgIpc) is 3.21. The van der Waals surface area contributed by atoms with E-state index in [0.29, 0.717) is 12.5 Å². The Morgan fingerprint density at radius 3 is 2.60 bits per heavy atom. The number of benzene rings is 1. The lowest BCUT2D eigenvalue weighted by molar-refractivity contribution is 0.274. The van der Waals surface area contributed by atoms with Gasteiger partial charge in [-0.1, -0.05) is 18.5 Å². The lowest BCUT2D eigenvalue weighted by Gasteiger charge is -2.21. The molecular formula is C13H17ClFNO3S. The van der Waals surface area contributed by atoms with Gasteiger partial charge in [0.1, 0.15) is 10.7 Å². The van der Waals surface area contributed by atoms with Crippen LogP contribution in [0.1, 0.15) is 25.3 Å². The molecule has 1 aromatic carbocycles. The average molecular weight is 322 g/mol. The van der Waals surface area contributed by atoms with Gasteiger partial charge in [-0.25, -0.2) is 12.8 Å². The Kier molecular flexibility index (Phi) is 4.69. The summed E-state index contributed by atoms with van der Waals surface area (Å²) in [7, 11) is -3.93. The van der Waals surface area contributed by atoms with Crippen molar-refractivity contribution in [1.29, 1.82) is 0 Å². The lowest BCUT2D eigenvalue weighted by Crippen LogP contribution is -2.33. The number of aliphatic hydroxyl groups is 1. The monoisotopic (exact) mass is 321 g/mol. The predicted molar refractivity (Wildman–Crippen MR) is 74.5 cm³/mol. The minimum absolute atomic E-state index is 0.0940. The van der Waals surface area contributed by atoms with E-state index in [1.165, 1.54) is 10.4 Å². The Bertz CT molecular complexity index is 602. The first kappa shape index (κ1) is 15.7. The second-order valence-corrected chi connectivity index (χ2v) is 7.28. The van der Waals surface area contributed by atoms with Crippen molar-refractivity contribution in [2.45, 2.75) is 31.3 Å². The molecule has 0 saturated heterocycles. The van der Waals surface area contributed by atoms with Crippen LogP contribution in [0.25, 0.3) is 0 Å². The van der Waals surface area contributed by atoms with Crippen LogP contribution >= 0.6 is 11.6 Å². The molecule has 1 aliphatic carbocycles. The number of halogens is 2. The molecule has 0 amide bonds. The maximum Gasteiger partial charge on any atom is 0.246 e. The number of nitrogens with zero attached hydrogens (tertiary/aromatic N) is 1. The molecule has 1 aromatic rings. The van der Waals surface area contributed by atoms with Crippen molar-refractivity contribution in [3.8, 4) is 0 Å². The Balaban J connectivity index is 2.44. The third-order valence-electron chi connectivity index (χ3n) is 3.38. The second-order valence-electron chi connectivity index (χ2n) is 4.93. The van der Waals surface area contributed by atoms with Crippen molar-refractivity contribution < 1.29 is 17.9 Å². The Labute approximate surface area is 123 Å². The van der Waals surface area contributed by atoms with Gasteiger partial charge in [0.2, 0.25) is 10.0 Å². The van der Waals surface area contributed by atoms with Gasteiger partial charge in [-0.15, -0.1) is 0 Å². The molecule has 0 radical (unpaired) electrons. The van der Waals surface area contributed by atoms with Gasteiger partial charge in [0.05, 0.1) is 6.61 Å². The van der Waals surface area contributed by atoms with Gasteiger partial charge < -0.3 is 5.11 Å². The highest BCUT2D eigenvalue weighted by Crippen LogP contribution is 2.33. The molecule has 1 aliphatic rings. The normalized spacial score (nSPS) is 15.8. The van der Waals surface area contributed by atoms with Gasteiger partial charge in [0.25, 0.3) is 0 Å². The third kappa shape index (κ3) is 3.14. The van der Waals surface area contributed by atoms with Crippen LogP contribution in [0.15, 0.2) is 17.0 Å². The fourth-order valence-corrected chi connectivity index (χ4v) is 4.01. The van der Waals surface area contributed by atoms with E-state index < -0.39 is 27.3 Å². The van der Waals surface area contributed by atoms with E-state index in [2.05, 4.69) is 0 Å². The quantitative estimate of drug-likeness (QED) is 0.875. The van der Waals surface area contributed by atoms with E-state index >= 15 is 0 Å². The van der Waals surface area contributed by atoms with Gasteiger partial charge in [-0.05, 0) is 30.9 Å². The van der Waals surface area contributed by atoms with Crippen LogP contribution in [-0.4, -0.2) is 30.9 Å². The van der Waals surface area contributed by atoms with Crippen molar-refractivity contribution in [2.24, 2.45) is 5.92 Å². The largest absolute Gasteiger partial charge is 0.392 e. The zero-order valence-electron chi connectivity index (χ0n) is 11.1. The molecule has 0 aromatic heterocycles. The Morgan fingerprint density at radius 2 is 2.10 bits per heavy atom. The van der Waals surface area contributed by atoms with Crippen LogP contribution in [-0.2, 0) is 16.6 Å². The molecule has 0 heterocycles. The van der Waals surface area contributed by atoms with E-state index in [0.717, 1.165) is 18.9 Å². The van der Waals surface area contributed by atoms with Crippen LogP contribution in [0, 0.1) is 11.7 Å². The fraction of sp³-hybridized carbons (Fsp3) is 0.538. The van der Waals surface area contributed by atoms with Crippen LogP contribution < -0.4 is 0 Å². The number of rotatable bonds is 6. The Morgan fingerprint density at radius 1 is 1.45 bits per heavy atom. The summed E-state index contributed by atoms with van der Waals surface area (Å²) in [6, 6.07) is 2.33. The van der Waals surface area contributed by atoms with Gasteiger partial charge in [-0.3, -0.25) is 0 Å². The van der Waals surface area contributed by atoms with Crippen molar-refractivity contribution >= 4 is 21.6 Å². The first-order valence-electron chi connectivity index (χ1n) is 6.49. The molecular weight excluding hydrogens is 305 g/mol. The van der Waals surface area contributed by atoms with Gasteiger partial charge in [0, 0.05) is 23.7 Å². The number of sulfonamides is 1. The molecule has 0 atom stereocenters. The maximum atomic E-state index is 14.2. The highest BCUT2D eigenvalue weighted by Gasteiger charge is 2.33. The molecule has 20 heavy (non-hydrogen) atoms. The summed E-state index contributed by atoms with van der Waals surface area (Å²) >= 11 is 5.81. The summed E-state index contributed by atoms with van der Waals surface area (Å²) in [6.07, 6.45) is 2.01. The van der Waals surface area contributed by atoms with Gasteiger partial charge in [0.15, 0.2) is 0 Å². The molecule has 112 valence electrons. The van der Waals surface area contributed by atoms with Crippen molar-refractivity contribution in [2.75, 3.05) is 13.1 Å². The topological polar surface area (TPSA) is 57.6 Å². The van der Waals surface area contributed by atoms with Gasteiger partial charge >= 0.3 is 0 Å². The van der Waals surface area contributed by atoms with E-state index in [-0.39, 0.29) is 17.1 Å². The summed E-state index contributed by atoms with van der Waals surface area (Å²) in [6.45, 7) is 1.80. The molecule has 0 bridgehead atoms. The molecule has 1 saturated carbocycles. The molecule has 2 rings (SSSR count). The summed E-state index contributed by atoms with van der Waals surface area (Å²) in [4.78, 5) is -0.462. The van der Waals surface area contributed by atoms with Crippen molar-refractivity contribution in [3.05, 3.63) is 28.5 Å². The van der Waals surface area contributed by atoms with E-state index in [1.807, 2.05) is 0 Å². The first-order valence-corrected chi connectivity index (χ1v) is 8.30. The van der Waals surface area contributed by atoms with E-state index in [4.69, 9.17) is 16.7 Å². The zero-order chi connectivity index (χ0) is 14.9. The smallest absolute Gasteiger partial charge is 0.246 e. The maximum absolute atomic E-state index is 14.2. The molecule has 4 nitrogen and oxygen atoms in total. The lowest BCUT2D eigenvalue weighted by atomic mass is 10.2. The molecule has 7 heteroatoms. The fourth-order valence-electron chi connectivity index (χ4n) is 2.05. The summed E-state index contributed by atoms with van der Waals surface area (Å²) < 4.78 is 40.5. The third-order valence-corrected chi connectivity index (χ3v) is 5.54. The van der Waals surface area contributed by atoms with Crippen molar-refractivity contribution in [3.63, 3.8) is 0 Å². The molecule has 0 aliphatic heterocycles. The SMILES string of the molecule is CCN(CC1CC1)S(=O)(=O)c1cc(Cl)cc(CO)c1F. The van der Waals surface area contributed by atoms with Gasteiger partial charge in [-0.2, -0.15) is 4.31 Å². The van der Waals surface area contributed by atoms with Crippen LogP contribution in [0.2, 0.25) is 5.02 Å². The zero-order valence-corrected chi connectivity index (χ0v) is 12.7. The highest BCUT2D eigenvalue weighted by molar-refractivity contribution is 7.89. The second kappa shape index (κ2) is 5.97. The number of hydrogen-bond acceptors (Lipinski definition) is 3. The molecule has 0 spiro atoms. The number of hydrogen-bond donors (Lipinski definition) is 1. The van der Waals surface area contributed by atoms with Crippen LogP contribution in [0.4, 0.5) is 4.39 Å². The number of aliphatic hydroxyl groups excluding tert-OH is 1. The first-order chi connectivity index (χ1) is 9.40. The van der Waals surface area contributed by atoms with Crippen molar-refractivity contribution in [1.82, 2.24) is 4.31 Å². The Hall–Kier alpha value is -0.690. The van der Waals surface area contributed by atoms with E-state index in [9.17, 15) is 12.8 Å². The summed E-state index contributed by atoms with van der Waals surface area (Å²) in [5, 5.41) is 9.17. The molecule has 1 N–H and O–H groups in total. The highest BCUT2D eigenvalue weighted by atomic mass is 35.5. The predicted octanol–water partition coefficient (Wildman–Crippen LogP) is 2.39. The summed E-state index contributed by atoms with van der Waals surface area (Å²) in [5.41, 5.74) is -0.112. The summed E-state index contributed by atoms with van der Waals surface area (Å²) in [5.74, 6) is -0.560. The van der Waals surface area contributed by atoms with Crippen LogP contribution in [0.5, 0.6) is 0 Å². The standard InChI is InChI=1S/C13H17ClFNO3S/c1-2-16(7-9-3-4-9)20(18,19)12-6-11(14)5-10(8-17)13(12)15/h5-6,9,17H,2-4,7-8H2,1H3. The van der Waals surface area contributed by atoms with E-state index in [1.54, 1.807) is 6.92 Å².